The molecule has 0 fully saturated rings. The van der Waals surface area contributed by atoms with E-state index < -0.39 is 35.4 Å². The van der Waals surface area contributed by atoms with Crippen molar-refractivity contribution < 1.29 is 22.7 Å². The van der Waals surface area contributed by atoms with Gasteiger partial charge in [-0.3, -0.25) is 19.1 Å². The number of alkyl halides is 3. The van der Waals surface area contributed by atoms with Crippen LogP contribution in [-0.2, 0) is 17.5 Å². The van der Waals surface area contributed by atoms with Crippen molar-refractivity contribution in [3.05, 3.63) is 56.9 Å². The van der Waals surface area contributed by atoms with Crippen molar-refractivity contribution in [3.8, 4) is 5.75 Å². The van der Waals surface area contributed by atoms with Gasteiger partial charge >= 0.3 is 11.9 Å². The molecular formula is C16H16F3N3O4. The summed E-state index contributed by atoms with van der Waals surface area (Å²) >= 11 is 0. The van der Waals surface area contributed by atoms with Gasteiger partial charge in [-0.1, -0.05) is 6.92 Å². The van der Waals surface area contributed by atoms with Crippen LogP contribution < -0.4 is 21.3 Å². The Labute approximate surface area is 145 Å². The van der Waals surface area contributed by atoms with E-state index in [2.05, 4.69) is 5.32 Å². The molecule has 0 radical (unpaired) electrons. The van der Waals surface area contributed by atoms with Crippen LogP contribution in [0, 0.1) is 0 Å². The maximum absolute atomic E-state index is 12.9. The fraction of sp³-hybridized carbons (Fsp3) is 0.312. The lowest BCUT2D eigenvalue weighted by molar-refractivity contribution is -0.137. The van der Waals surface area contributed by atoms with Crippen molar-refractivity contribution in [1.82, 2.24) is 9.55 Å². The van der Waals surface area contributed by atoms with E-state index in [9.17, 15) is 27.6 Å². The van der Waals surface area contributed by atoms with Gasteiger partial charge in [0.05, 0.1) is 17.9 Å². The first-order valence-electron chi connectivity index (χ1n) is 7.64. The Balaban J connectivity index is 2.25. The zero-order valence-corrected chi connectivity index (χ0v) is 13.7. The zero-order valence-electron chi connectivity index (χ0n) is 13.7. The van der Waals surface area contributed by atoms with Crippen molar-refractivity contribution in [2.45, 2.75) is 26.1 Å². The maximum Gasteiger partial charge on any atom is 0.416 e. The molecule has 7 nitrogen and oxygen atoms in total. The van der Waals surface area contributed by atoms with Crippen LogP contribution in [0.5, 0.6) is 5.75 Å². The van der Waals surface area contributed by atoms with E-state index in [0.717, 1.165) is 35.0 Å². The minimum Gasteiger partial charge on any atom is -0.491 e. The molecule has 0 atom stereocenters. The molecule has 0 unspecified atom stereocenters. The SMILES string of the molecule is CCCOc1ccc(C(F)(F)F)cc1NC(=O)Cn1ccc(=O)[nH]c1=O. The van der Waals surface area contributed by atoms with Gasteiger partial charge in [-0.2, -0.15) is 13.2 Å². The Morgan fingerprint density at radius 1 is 1.27 bits per heavy atom. The third-order valence-corrected chi connectivity index (χ3v) is 3.25. The third-order valence-electron chi connectivity index (χ3n) is 3.25. The Morgan fingerprint density at radius 2 is 2.00 bits per heavy atom. The van der Waals surface area contributed by atoms with Gasteiger partial charge in [0.1, 0.15) is 12.3 Å². The number of rotatable bonds is 6. The normalized spacial score (nSPS) is 11.2. The van der Waals surface area contributed by atoms with E-state index in [1.165, 1.54) is 0 Å². The Hall–Kier alpha value is -3.04. The number of halogens is 3. The quantitative estimate of drug-likeness (QED) is 0.812. The van der Waals surface area contributed by atoms with Crippen LogP contribution in [0.1, 0.15) is 18.9 Å². The lowest BCUT2D eigenvalue weighted by atomic mass is 10.1. The van der Waals surface area contributed by atoms with E-state index >= 15 is 0 Å². The minimum absolute atomic E-state index is 0.0852. The number of benzene rings is 1. The molecule has 2 N–H and O–H groups in total. The number of aromatic amines is 1. The molecule has 1 amide bonds. The predicted molar refractivity (Wildman–Crippen MR) is 87.2 cm³/mol. The molecule has 2 aromatic rings. The monoisotopic (exact) mass is 371 g/mol. The van der Waals surface area contributed by atoms with E-state index in [1.807, 2.05) is 11.9 Å². The Morgan fingerprint density at radius 3 is 2.62 bits per heavy atom. The summed E-state index contributed by atoms with van der Waals surface area (Å²) in [5, 5.41) is 2.31. The summed E-state index contributed by atoms with van der Waals surface area (Å²) in [7, 11) is 0. The van der Waals surface area contributed by atoms with Crippen LogP contribution in [0.2, 0.25) is 0 Å². The Kier molecular flexibility index (Phi) is 5.86. The van der Waals surface area contributed by atoms with Gasteiger partial charge in [0, 0.05) is 12.3 Å². The number of ether oxygens (including phenoxy) is 1. The molecule has 0 saturated heterocycles. The predicted octanol–water partition coefficient (Wildman–Crippen LogP) is 1.98. The topological polar surface area (TPSA) is 93.2 Å². The zero-order chi connectivity index (χ0) is 19.3. The van der Waals surface area contributed by atoms with Gasteiger partial charge < -0.3 is 10.1 Å². The molecule has 1 heterocycles. The summed E-state index contributed by atoms with van der Waals surface area (Å²) in [5.41, 5.74) is -2.53. The van der Waals surface area contributed by atoms with E-state index in [4.69, 9.17) is 4.74 Å². The Bertz CT molecular complexity index is 903. The maximum atomic E-state index is 12.9. The summed E-state index contributed by atoms with van der Waals surface area (Å²) in [6, 6.07) is 3.79. The highest BCUT2D eigenvalue weighted by molar-refractivity contribution is 5.92. The molecule has 26 heavy (non-hydrogen) atoms. The standard InChI is InChI=1S/C16H16F3N3O4/c1-2-7-26-12-4-3-10(16(17,18)19)8-11(12)20-14(24)9-22-6-5-13(23)21-15(22)25/h3-6,8H,2,7,9H2,1H3,(H,20,24)(H,21,23,25). The van der Waals surface area contributed by atoms with Crippen molar-refractivity contribution >= 4 is 11.6 Å². The number of amides is 1. The lowest BCUT2D eigenvalue weighted by Crippen LogP contribution is -2.32. The average Bonchev–Trinajstić information content (AvgIpc) is 2.55. The highest BCUT2D eigenvalue weighted by atomic mass is 19.4. The van der Waals surface area contributed by atoms with Crippen LogP contribution >= 0.6 is 0 Å². The smallest absolute Gasteiger partial charge is 0.416 e. The number of H-pyrrole nitrogens is 1. The lowest BCUT2D eigenvalue weighted by Gasteiger charge is -2.15. The number of anilines is 1. The van der Waals surface area contributed by atoms with Crippen LogP contribution in [0.4, 0.5) is 18.9 Å². The fourth-order valence-corrected chi connectivity index (χ4v) is 2.06. The van der Waals surface area contributed by atoms with Crippen molar-refractivity contribution in [3.63, 3.8) is 0 Å². The molecule has 10 heteroatoms. The van der Waals surface area contributed by atoms with E-state index in [-0.39, 0.29) is 18.0 Å². The number of hydrogen-bond donors (Lipinski definition) is 2. The second kappa shape index (κ2) is 7.89. The van der Waals surface area contributed by atoms with Gasteiger partial charge in [0.2, 0.25) is 5.91 Å². The number of nitrogens with one attached hydrogen (secondary N) is 2. The molecule has 0 bridgehead atoms. The van der Waals surface area contributed by atoms with Crippen molar-refractivity contribution in [1.29, 1.82) is 0 Å². The molecule has 2 rings (SSSR count). The van der Waals surface area contributed by atoms with Crippen molar-refractivity contribution in [2.75, 3.05) is 11.9 Å². The van der Waals surface area contributed by atoms with Crippen LogP contribution in [-0.4, -0.2) is 22.1 Å². The summed E-state index contributed by atoms with van der Waals surface area (Å²) in [6.45, 7) is 1.59. The second-order valence-electron chi connectivity index (χ2n) is 5.34. The molecule has 0 spiro atoms. The van der Waals surface area contributed by atoms with Gasteiger partial charge in [-0.15, -0.1) is 0 Å². The number of carbonyl (C=O) groups is 1. The number of nitrogens with zero attached hydrogens (tertiary/aromatic N) is 1. The molecule has 0 aliphatic heterocycles. The van der Waals surface area contributed by atoms with Crippen LogP contribution in [0.15, 0.2) is 40.1 Å². The summed E-state index contributed by atoms with van der Waals surface area (Å²) in [4.78, 5) is 36.7. The molecule has 1 aromatic carbocycles. The molecule has 0 saturated carbocycles. The van der Waals surface area contributed by atoms with E-state index in [1.54, 1.807) is 0 Å². The van der Waals surface area contributed by atoms with Gasteiger partial charge in [0.25, 0.3) is 5.56 Å². The average molecular weight is 371 g/mol. The van der Waals surface area contributed by atoms with Crippen LogP contribution in [0.25, 0.3) is 0 Å². The summed E-state index contributed by atoms with van der Waals surface area (Å²) in [6.07, 6.45) is -2.85. The first-order chi connectivity index (χ1) is 12.2. The fourth-order valence-electron chi connectivity index (χ4n) is 2.06. The molecule has 140 valence electrons. The minimum atomic E-state index is -4.58. The highest BCUT2D eigenvalue weighted by Gasteiger charge is 2.31. The number of carbonyl (C=O) groups excluding carboxylic acids is 1. The van der Waals surface area contributed by atoms with Gasteiger partial charge in [-0.25, -0.2) is 4.79 Å². The summed E-state index contributed by atoms with van der Waals surface area (Å²) < 4.78 is 44.9. The molecule has 0 aliphatic rings. The third kappa shape index (κ3) is 4.98. The van der Waals surface area contributed by atoms with Gasteiger partial charge in [0.15, 0.2) is 0 Å². The molecular weight excluding hydrogens is 355 g/mol. The largest absolute Gasteiger partial charge is 0.491 e. The van der Waals surface area contributed by atoms with E-state index in [0.29, 0.717) is 6.42 Å². The number of aromatic nitrogens is 2. The van der Waals surface area contributed by atoms with Crippen LogP contribution in [0.3, 0.4) is 0 Å². The first kappa shape index (κ1) is 19.3. The van der Waals surface area contributed by atoms with Crippen molar-refractivity contribution in [2.24, 2.45) is 0 Å². The highest BCUT2D eigenvalue weighted by Crippen LogP contribution is 2.35. The molecule has 1 aromatic heterocycles. The first-order valence-corrected chi connectivity index (χ1v) is 7.64. The summed E-state index contributed by atoms with van der Waals surface area (Å²) in [5.74, 6) is -0.665. The van der Waals surface area contributed by atoms with Gasteiger partial charge in [-0.05, 0) is 24.6 Å². The second-order valence-corrected chi connectivity index (χ2v) is 5.34. The molecule has 0 aliphatic carbocycles. The number of hydrogen-bond acceptors (Lipinski definition) is 4.